The SMILES string of the molecule is COC(=O)c1cnc([N+](=O)[O-])c(Cl)c1C(F)F. The molecule has 92 valence electrons. The topological polar surface area (TPSA) is 82.3 Å². The normalized spacial score (nSPS) is 10.4. The van der Waals surface area contributed by atoms with Crippen molar-refractivity contribution in [3.63, 3.8) is 0 Å². The summed E-state index contributed by atoms with van der Waals surface area (Å²) in [6.45, 7) is 0. The lowest BCUT2D eigenvalue weighted by atomic mass is 10.1. The number of esters is 1. The number of nitro groups is 1. The predicted octanol–water partition coefficient (Wildman–Crippen LogP) is 2.37. The van der Waals surface area contributed by atoms with Crippen molar-refractivity contribution in [2.75, 3.05) is 7.11 Å². The summed E-state index contributed by atoms with van der Waals surface area (Å²) in [5.74, 6) is -2.03. The van der Waals surface area contributed by atoms with Gasteiger partial charge in [0.15, 0.2) is 6.20 Å². The number of halogens is 3. The summed E-state index contributed by atoms with van der Waals surface area (Å²) in [6, 6.07) is 0. The van der Waals surface area contributed by atoms with Crippen LogP contribution in [0.5, 0.6) is 0 Å². The molecule has 9 heteroatoms. The third-order valence-corrected chi connectivity index (χ3v) is 2.21. The minimum Gasteiger partial charge on any atom is -0.465 e. The van der Waals surface area contributed by atoms with Crippen LogP contribution in [0.15, 0.2) is 6.20 Å². The van der Waals surface area contributed by atoms with Crippen molar-refractivity contribution in [2.24, 2.45) is 0 Å². The number of hydrogen-bond donors (Lipinski definition) is 0. The maximum absolute atomic E-state index is 12.7. The largest absolute Gasteiger partial charge is 0.465 e. The predicted molar refractivity (Wildman–Crippen MR) is 52.2 cm³/mol. The van der Waals surface area contributed by atoms with Crippen LogP contribution in [0.1, 0.15) is 22.3 Å². The van der Waals surface area contributed by atoms with Gasteiger partial charge in [-0.2, -0.15) is 0 Å². The van der Waals surface area contributed by atoms with E-state index in [0.29, 0.717) is 6.20 Å². The van der Waals surface area contributed by atoms with Gasteiger partial charge in [0.05, 0.1) is 12.7 Å². The van der Waals surface area contributed by atoms with Gasteiger partial charge in [0.2, 0.25) is 0 Å². The molecule has 0 aliphatic heterocycles. The molecule has 0 saturated carbocycles. The summed E-state index contributed by atoms with van der Waals surface area (Å²) in [5.41, 5.74) is -1.56. The van der Waals surface area contributed by atoms with Gasteiger partial charge in [-0.25, -0.2) is 13.6 Å². The molecule has 0 amide bonds. The van der Waals surface area contributed by atoms with Crippen LogP contribution in [0, 0.1) is 10.1 Å². The quantitative estimate of drug-likeness (QED) is 0.476. The fourth-order valence-electron chi connectivity index (χ4n) is 1.10. The first-order valence-corrected chi connectivity index (χ1v) is 4.47. The highest BCUT2D eigenvalue weighted by Gasteiger charge is 2.30. The Kier molecular flexibility index (Phi) is 3.89. The lowest BCUT2D eigenvalue weighted by Gasteiger charge is -2.07. The molecule has 0 aromatic carbocycles. The lowest BCUT2D eigenvalue weighted by Crippen LogP contribution is -2.09. The maximum atomic E-state index is 12.7. The molecular weight excluding hydrogens is 262 g/mol. The number of carbonyl (C=O) groups excluding carboxylic acids is 1. The highest BCUT2D eigenvalue weighted by atomic mass is 35.5. The first-order chi connectivity index (χ1) is 7.90. The lowest BCUT2D eigenvalue weighted by molar-refractivity contribution is -0.389. The van der Waals surface area contributed by atoms with E-state index in [9.17, 15) is 23.7 Å². The Morgan fingerprint density at radius 1 is 1.65 bits per heavy atom. The zero-order valence-corrected chi connectivity index (χ0v) is 9.07. The van der Waals surface area contributed by atoms with E-state index in [2.05, 4.69) is 9.72 Å². The van der Waals surface area contributed by atoms with E-state index < -0.39 is 39.3 Å². The first-order valence-electron chi connectivity index (χ1n) is 4.09. The molecule has 0 fully saturated rings. The molecule has 0 N–H and O–H groups in total. The van der Waals surface area contributed by atoms with Crippen molar-refractivity contribution in [3.05, 3.63) is 32.5 Å². The van der Waals surface area contributed by atoms with Crippen LogP contribution in [0.4, 0.5) is 14.6 Å². The summed E-state index contributed by atoms with van der Waals surface area (Å²) >= 11 is 5.41. The van der Waals surface area contributed by atoms with Gasteiger partial charge in [-0.15, -0.1) is 0 Å². The summed E-state index contributed by atoms with van der Waals surface area (Å²) in [7, 11) is 0.979. The van der Waals surface area contributed by atoms with Crippen LogP contribution in [0.3, 0.4) is 0 Å². The van der Waals surface area contributed by atoms with Crippen molar-refractivity contribution in [3.8, 4) is 0 Å². The van der Waals surface area contributed by atoms with Crippen molar-refractivity contribution in [1.82, 2.24) is 4.98 Å². The van der Waals surface area contributed by atoms with Gasteiger partial charge in [-0.1, -0.05) is 11.6 Å². The van der Waals surface area contributed by atoms with Gasteiger partial charge in [-0.05, 0) is 9.91 Å². The number of pyridine rings is 1. The standard InChI is InChI=1S/C8H5ClF2N2O4/c1-17-8(14)3-2-12-7(13(15)16)5(9)4(3)6(10)11/h2,6H,1H3. The van der Waals surface area contributed by atoms with E-state index in [1.54, 1.807) is 0 Å². The molecule has 6 nitrogen and oxygen atoms in total. The van der Waals surface area contributed by atoms with Crippen LogP contribution < -0.4 is 0 Å². The molecule has 0 radical (unpaired) electrons. The third kappa shape index (κ3) is 2.47. The Balaban J connectivity index is 3.50. The number of alkyl halides is 2. The number of nitrogens with zero attached hydrogens (tertiary/aromatic N) is 2. The van der Waals surface area contributed by atoms with Gasteiger partial charge in [0.25, 0.3) is 6.43 Å². The molecule has 0 bridgehead atoms. The number of methoxy groups -OCH3 is 1. The second-order valence-corrected chi connectivity index (χ2v) is 3.15. The van der Waals surface area contributed by atoms with Crippen LogP contribution >= 0.6 is 11.6 Å². The van der Waals surface area contributed by atoms with Crippen LogP contribution in [-0.2, 0) is 4.74 Å². The molecule has 0 saturated heterocycles. The molecule has 0 aliphatic rings. The van der Waals surface area contributed by atoms with E-state index >= 15 is 0 Å². The Bertz CT molecular complexity index is 481. The molecular formula is C8H5ClF2N2O4. The Morgan fingerprint density at radius 3 is 2.65 bits per heavy atom. The molecule has 17 heavy (non-hydrogen) atoms. The minimum absolute atomic E-state index is 0.599. The fraction of sp³-hybridized carbons (Fsp3) is 0.250. The maximum Gasteiger partial charge on any atom is 0.382 e. The average Bonchev–Trinajstić information content (AvgIpc) is 2.26. The molecule has 0 aliphatic carbocycles. The number of carbonyl (C=O) groups is 1. The van der Waals surface area contributed by atoms with Crippen LogP contribution in [-0.4, -0.2) is 23.0 Å². The second kappa shape index (κ2) is 5.00. The van der Waals surface area contributed by atoms with Crippen LogP contribution in [0.2, 0.25) is 5.02 Å². The van der Waals surface area contributed by atoms with Gasteiger partial charge in [-0.3, -0.25) is 0 Å². The number of rotatable bonds is 3. The fourth-order valence-corrected chi connectivity index (χ4v) is 1.41. The highest BCUT2D eigenvalue weighted by Crippen LogP contribution is 2.35. The number of hydrogen-bond acceptors (Lipinski definition) is 5. The van der Waals surface area contributed by atoms with Gasteiger partial charge in [0, 0.05) is 0 Å². The Labute approximate surface area is 98.3 Å². The minimum atomic E-state index is -3.15. The molecule has 0 spiro atoms. The monoisotopic (exact) mass is 266 g/mol. The zero-order valence-electron chi connectivity index (χ0n) is 8.32. The van der Waals surface area contributed by atoms with Crippen molar-refractivity contribution in [2.45, 2.75) is 6.43 Å². The molecule has 1 rings (SSSR count). The van der Waals surface area contributed by atoms with Gasteiger partial charge in [0.1, 0.15) is 10.6 Å². The summed E-state index contributed by atoms with van der Waals surface area (Å²) in [5, 5.41) is 9.58. The molecule has 1 aromatic heterocycles. The summed E-state index contributed by atoms with van der Waals surface area (Å²) < 4.78 is 29.6. The van der Waals surface area contributed by atoms with Crippen molar-refractivity contribution in [1.29, 1.82) is 0 Å². The molecule has 0 unspecified atom stereocenters. The van der Waals surface area contributed by atoms with Gasteiger partial charge < -0.3 is 14.9 Å². The first kappa shape index (κ1) is 13.2. The summed E-state index contributed by atoms with van der Waals surface area (Å²) in [6.07, 6.45) is -2.52. The van der Waals surface area contributed by atoms with E-state index in [0.717, 1.165) is 7.11 Å². The third-order valence-electron chi connectivity index (χ3n) is 1.84. The highest BCUT2D eigenvalue weighted by molar-refractivity contribution is 6.33. The number of ether oxygens (including phenoxy) is 1. The van der Waals surface area contributed by atoms with E-state index in [1.807, 2.05) is 0 Å². The molecule has 1 heterocycles. The number of aromatic nitrogens is 1. The average molecular weight is 267 g/mol. The van der Waals surface area contributed by atoms with Crippen molar-refractivity contribution >= 4 is 23.4 Å². The van der Waals surface area contributed by atoms with E-state index in [-0.39, 0.29) is 0 Å². The smallest absolute Gasteiger partial charge is 0.382 e. The zero-order chi connectivity index (χ0) is 13.2. The van der Waals surface area contributed by atoms with Crippen molar-refractivity contribution < 1.29 is 23.2 Å². The molecule has 1 aromatic rings. The van der Waals surface area contributed by atoms with E-state index in [1.165, 1.54) is 0 Å². The Hall–Kier alpha value is -1.83. The van der Waals surface area contributed by atoms with Gasteiger partial charge >= 0.3 is 11.8 Å². The summed E-state index contributed by atoms with van der Waals surface area (Å²) in [4.78, 5) is 23.8. The van der Waals surface area contributed by atoms with Crippen LogP contribution in [0.25, 0.3) is 0 Å². The second-order valence-electron chi connectivity index (χ2n) is 2.77. The Morgan fingerprint density at radius 2 is 2.24 bits per heavy atom. The van der Waals surface area contributed by atoms with E-state index in [4.69, 9.17) is 11.6 Å². The molecule has 0 atom stereocenters.